The van der Waals surface area contributed by atoms with Crippen LogP contribution in [0.4, 0.5) is 5.69 Å². The Morgan fingerprint density at radius 1 is 1.18 bits per heavy atom. The van der Waals surface area contributed by atoms with Crippen LogP contribution in [0.5, 0.6) is 11.5 Å². The summed E-state index contributed by atoms with van der Waals surface area (Å²) >= 11 is 0. The van der Waals surface area contributed by atoms with Crippen LogP contribution in [0.15, 0.2) is 30.6 Å². The Balaban J connectivity index is 2.16. The topological polar surface area (TPSA) is 57.4 Å². The van der Waals surface area contributed by atoms with Gasteiger partial charge in [0.05, 0.1) is 11.9 Å². The molecular formula is C13H12N2O2. The van der Waals surface area contributed by atoms with Gasteiger partial charge < -0.3 is 15.2 Å². The molecule has 17 heavy (non-hydrogen) atoms. The SMILES string of the molecule is Cc1cncc(N)c1-c1ccc2c(c1)OCO2. The molecule has 0 bridgehead atoms. The molecule has 2 aromatic rings. The number of hydrogen-bond donors (Lipinski definition) is 1. The second-order valence-electron chi connectivity index (χ2n) is 3.99. The maximum Gasteiger partial charge on any atom is 0.231 e. The van der Waals surface area contributed by atoms with Gasteiger partial charge in [0.2, 0.25) is 6.79 Å². The highest BCUT2D eigenvalue weighted by atomic mass is 16.7. The zero-order valence-corrected chi connectivity index (χ0v) is 9.43. The van der Waals surface area contributed by atoms with Crippen LogP contribution in [0.2, 0.25) is 0 Å². The number of benzene rings is 1. The Bertz CT molecular complexity index is 561. The minimum absolute atomic E-state index is 0.281. The Kier molecular flexibility index (Phi) is 2.14. The van der Waals surface area contributed by atoms with Crippen molar-refractivity contribution in [2.75, 3.05) is 12.5 Å². The van der Waals surface area contributed by atoms with E-state index in [-0.39, 0.29) is 6.79 Å². The number of pyridine rings is 1. The lowest BCUT2D eigenvalue weighted by Gasteiger charge is -2.09. The summed E-state index contributed by atoms with van der Waals surface area (Å²) in [4.78, 5) is 4.06. The monoisotopic (exact) mass is 228 g/mol. The first kappa shape index (κ1) is 9.96. The normalized spacial score (nSPS) is 12.8. The fourth-order valence-corrected chi connectivity index (χ4v) is 2.03. The van der Waals surface area contributed by atoms with Crippen molar-refractivity contribution in [1.29, 1.82) is 0 Å². The molecule has 1 aliphatic heterocycles. The van der Waals surface area contributed by atoms with Gasteiger partial charge in [0.1, 0.15) is 0 Å². The third-order valence-electron chi connectivity index (χ3n) is 2.83. The quantitative estimate of drug-likeness (QED) is 0.814. The molecular weight excluding hydrogens is 216 g/mol. The first-order chi connectivity index (χ1) is 8.25. The molecule has 0 saturated carbocycles. The van der Waals surface area contributed by atoms with E-state index in [4.69, 9.17) is 15.2 Å². The van der Waals surface area contributed by atoms with Crippen molar-refractivity contribution in [1.82, 2.24) is 4.98 Å². The predicted molar refractivity (Wildman–Crippen MR) is 64.9 cm³/mol. The third kappa shape index (κ3) is 1.58. The molecule has 0 aliphatic carbocycles. The predicted octanol–water partition coefficient (Wildman–Crippen LogP) is 2.37. The van der Waals surface area contributed by atoms with Crippen LogP contribution in [0.1, 0.15) is 5.56 Å². The number of hydrogen-bond acceptors (Lipinski definition) is 4. The van der Waals surface area contributed by atoms with Gasteiger partial charge in [0.15, 0.2) is 11.5 Å². The largest absolute Gasteiger partial charge is 0.454 e. The maximum atomic E-state index is 5.96. The summed E-state index contributed by atoms with van der Waals surface area (Å²) in [6, 6.07) is 5.82. The molecule has 86 valence electrons. The van der Waals surface area contributed by atoms with E-state index in [1.807, 2.05) is 25.1 Å². The van der Waals surface area contributed by atoms with Gasteiger partial charge >= 0.3 is 0 Å². The molecule has 0 radical (unpaired) electrons. The van der Waals surface area contributed by atoms with E-state index in [2.05, 4.69) is 4.98 Å². The van der Waals surface area contributed by atoms with Crippen LogP contribution >= 0.6 is 0 Å². The molecule has 0 amide bonds. The summed E-state index contributed by atoms with van der Waals surface area (Å²) in [5, 5.41) is 0. The number of anilines is 1. The minimum atomic E-state index is 0.281. The number of rotatable bonds is 1. The van der Waals surface area contributed by atoms with Gasteiger partial charge in [-0.05, 0) is 30.2 Å². The highest BCUT2D eigenvalue weighted by Crippen LogP contribution is 2.38. The molecule has 1 aliphatic rings. The number of nitrogens with zero attached hydrogens (tertiary/aromatic N) is 1. The number of nitrogen functional groups attached to an aromatic ring is 1. The Labute approximate surface area is 99.0 Å². The molecule has 0 atom stereocenters. The fraction of sp³-hybridized carbons (Fsp3) is 0.154. The van der Waals surface area contributed by atoms with E-state index >= 15 is 0 Å². The molecule has 0 fully saturated rings. The van der Waals surface area contributed by atoms with Crippen LogP contribution in [0.25, 0.3) is 11.1 Å². The molecule has 4 nitrogen and oxygen atoms in total. The first-order valence-corrected chi connectivity index (χ1v) is 5.36. The van der Waals surface area contributed by atoms with Gasteiger partial charge in [-0.1, -0.05) is 6.07 Å². The zero-order chi connectivity index (χ0) is 11.8. The molecule has 0 saturated heterocycles. The molecule has 1 aromatic carbocycles. The number of aromatic nitrogens is 1. The van der Waals surface area contributed by atoms with Gasteiger partial charge in [-0.3, -0.25) is 4.98 Å². The zero-order valence-electron chi connectivity index (χ0n) is 9.43. The van der Waals surface area contributed by atoms with Crippen LogP contribution < -0.4 is 15.2 Å². The maximum absolute atomic E-state index is 5.96. The summed E-state index contributed by atoms with van der Waals surface area (Å²) in [6.45, 7) is 2.27. The summed E-state index contributed by atoms with van der Waals surface area (Å²) in [5.74, 6) is 1.54. The summed E-state index contributed by atoms with van der Waals surface area (Å²) in [7, 11) is 0. The summed E-state index contributed by atoms with van der Waals surface area (Å²) < 4.78 is 10.6. The smallest absolute Gasteiger partial charge is 0.231 e. The van der Waals surface area contributed by atoms with Crippen molar-refractivity contribution < 1.29 is 9.47 Å². The minimum Gasteiger partial charge on any atom is -0.454 e. The molecule has 4 heteroatoms. The van der Waals surface area contributed by atoms with E-state index in [1.54, 1.807) is 12.4 Å². The van der Waals surface area contributed by atoms with Gasteiger partial charge in [0.25, 0.3) is 0 Å². The average Bonchev–Trinajstić information content (AvgIpc) is 2.76. The van der Waals surface area contributed by atoms with Crippen molar-refractivity contribution in [3.05, 3.63) is 36.2 Å². The average molecular weight is 228 g/mol. The van der Waals surface area contributed by atoms with Crippen molar-refractivity contribution >= 4 is 5.69 Å². The van der Waals surface area contributed by atoms with Crippen LogP contribution in [-0.2, 0) is 0 Å². The third-order valence-corrected chi connectivity index (χ3v) is 2.83. The molecule has 2 heterocycles. The fourth-order valence-electron chi connectivity index (χ4n) is 2.03. The van der Waals surface area contributed by atoms with Crippen molar-refractivity contribution in [2.45, 2.75) is 6.92 Å². The molecule has 3 rings (SSSR count). The first-order valence-electron chi connectivity index (χ1n) is 5.36. The lowest BCUT2D eigenvalue weighted by molar-refractivity contribution is 0.174. The Morgan fingerprint density at radius 3 is 2.82 bits per heavy atom. The molecule has 0 unspecified atom stereocenters. The Hall–Kier alpha value is -2.23. The lowest BCUT2D eigenvalue weighted by atomic mass is 10.0. The van der Waals surface area contributed by atoms with Crippen LogP contribution in [0, 0.1) is 6.92 Å². The highest BCUT2D eigenvalue weighted by Gasteiger charge is 2.15. The van der Waals surface area contributed by atoms with Gasteiger partial charge in [-0.25, -0.2) is 0 Å². The second-order valence-corrected chi connectivity index (χ2v) is 3.99. The van der Waals surface area contributed by atoms with Crippen molar-refractivity contribution in [3.63, 3.8) is 0 Å². The van der Waals surface area contributed by atoms with E-state index in [0.717, 1.165) is 28.2 Å². The number of ether oxygens (including phenoxy) is 2. The van der Waals surface area contributed by atoms with E-state index < -0.39 is 0 Å². The van der Waals surface area contributed by atoms with E-state index in [0.29, 0.717) is 5.69 Å². The van der Waals surface area contributed by atoms with Gasteiger partial charge in [0, 0.05) is 11.8 Å². The molecule has 1 aromatic heterocycles. The van der Waals surface area contributed by atoms with E-state index in [9.17, 15) is 0 Å². The number of fused-ring (bicyclic) bond motifs is 1. The van der Waals surface area contributed by atoms with Crippen molar-refractivity contribution in [3.8, 4) is 22.6 Å². The standard InChI is InChI=1S/C13H12N2O2/c1-8-5-15-6-10(14)13(8)9-2-3-11-12(4-9)17-7-16-11/h2-6H,7,14H2,1H3. The summed E-state index contributed by atoms with van der Waals surface area (Å²) in [5.41, 5.74) is 9.70. The number of aryl methyl sites for hydroxylation is 1. The van der Waals surface area contributed by atoms with Gasteiger partial charge in [-0.2, -0.15) is 0 Å². The Morgan fingerprint density at radius 2 is 2.00 bits per heavy atom. The number of nitrogens with two attached hydrogens (primary N) is 1. The van der Waals surface area contributed by atoms with Crippen molar-refractivity contribution in [2.24, 2.45) is 0 Å². The molecule has 0 spiro atoms. The second kappa shape index (κ2) is 3.66. The van der Waals surface area contributed by atoms with E-state index in [1.165, 1.54) is 0 Å². The van der Waals surface area contributed by atoms with Crippen LogP contribution in [-0.4, -0.2) is 11.8 Å². The van der Waals surface area contributed by atoms with Crippen LogP contribution in [0.3, 0.4) is 0 Å². The molecule has 2 N–H and O–H groups in total. The summed E-state index contributed by atoms with van der Waals surface area (Å²) in [6.07, 6.45) is 3.46. The highest BCUT2D eigenvalue weighted by molar-refractivity contribution is 5.79. The lowest BCUT2D eigenvalue weighted by Crippen LogP contribution is -1.94. The van der Waals surface area contributed by atoms with Gasteiger partial charge in [-0.15, -0.1) is 0 Å².